The Morgan fingerprint density at radius 3 is 2.48 bits per heavy atom. The van der Waals surface area contributed by atoms with Gasteiger partial charge in [0.05, 0.1) is 6.21 Å². The molecule has 1 heterocycles. The van der Waals surface area contributed by atoms with Crippen LogP contribution in [-0.4, -0.2) is 17.1 Å². The Morgan fingerprint density at radius 2 is 1.67 bits per heavy atom. The first kappa shape index (κ1) is 17.0. The molecule has 0 saturated carbocycles. The third-order valence-electron chi connectivity index (χ3n) is 4.74. The number of hydrazone groups is 1. The summed E-state index contributed by atoms with van der Waals surface area (Å²) in [6, 6.07) is 22.1. The Hall–Kier alpha value is -3.40. The summed E-state index contributed by atoms with van der Waals surface area (Å²) in [5.74, 6) is -0.00432. The van der Waals surface area contributed by atoms with E-state index in [2.05, 4.69) is 41.5 Å². The number of H-pyrrole nitrogens is 1. The first-order valence-electron chi connectivity index (χ1n) is 9.07. The van der Waals surface area contributed by atoms with Crippen molar-refractivity contribution in [2.75, 3.05) is 0 Å². The maximum Gasteiger partial charge on any atom is 0.288 e. The summed E-state index contributed by atoms with van der Waals surface area (Å²) >= 11 is 0. The molecule has 2 N–H and O–H groups in total. The number of rotatable bonds is 4. The Labute approximate surface area is 157 Å². The number of aromatic nitrogens is 1. The van der Waals surface area contributed by atoms with Gasteiger partial charge in [-0.25, -0.2) is 5.43 Å². The normalized spacial score (nSPS) is 11.7. The number of carbonyl (C=O) groups is 1. The molecule has 0 bridgehead atoms. The van der Waals surface area contributed by atoms with Crippen LogP contribution in [0.5, 0.6) is 0 Å². The van der Waals surface area contributed by atoms with Crippen LogP contribution >= 0.6 is 0 Å². The molecular weight excluding hydrogens is 334 g/mol. The van der Waals surface area contributed by atoms with E-state index in [9.17, 15) is 4.79 Å². The first-order valence-corrected chi connectivity index (χ1v) is 9.07. The van der Waals surface area contributed by atoms with Crippen molar-refractivity contribution in [1.29, 1.82) is 0 Å². The fraction of sp³-hybridized carbons (Fsp3) is 0.130. The third-order valence-corrected chi connectivity index (χ3v) is 4.74. The number of nitrogens with zero attached hydrogens (tertiary/aromatic N) is 1. The summed E-state index contributed by atoms with van der Waals surface area (Å²) in [7, 11) is 0. The minimum Gasteiger partial charge on any atom is -0.350 e. The largest absolute Gasteiger partial charge is 0.350 e. The molecule has 4 nitrogen and oxygen atoms in total. The number of nitrogens with one attached hydrogen (secondary N) is 2. The van der Waals surface area contributed by atoms with Gasteiger partial charge in [-0.1, -0.05) is 74.5 Å². The summed E-state index contributed by atoms with van der Waals surface area (Å²) < 4.78 is 0. The van der Waals surface area contributed by atoms with Crippen LogP contribution in [-0.2, 0) is 0 Å². The molecule has 1 amide bonds. The molecule has 0 aliphatic heterocycles. The molecule has 134 valence electrons. The summed E-state index contributed by atoms with van der Waals surface area (Å²) in [6.45, 7) is 4.18. The molecule has 27 heavy (non-hydrogen) atoms. The van der Waals surface area contributed by atoms with Gasteiger partial charge in [-0.3, -0.25) is 4.79 Å². The van der Waals surface area contributed by atoms with E-state index < -0.39 is 0 Å². The van der Waals surface area contributed by atoms with Gasteiger partial charge in [-0.2, -0.15) is 5.10 Å². The second-order valence-electron chi connectivity index (χ2n) is 6.88. The van der Waals surface area contributed by atoms with Gasteiger partial charge in [0.1, 0.15) is 5.69 Å². The summed E-state index contributed by atoms with van der Waals surface area (Å²) in [6.07, 6.45) is 1.69. The molecule has 3 aromatic carbocycles. The molecule has 0 saturated heterocycles. The molecule has 4 heteroatoms. The molecule has 0 unspecified atom stereocenters. The van der Waals surface area contributed by atoms with E-state index in [4.69, 9.17) is 0 Å². The zero-order valence-electron chi connectivity index (χ0n) is 15.4. The Morgan fingerprint density at radius 1 is 0.963 bits per heavy atom. The molecule has 0 aliphatic rings. The predicted molar refractivity (Wildman–Crippen MR) is 111 cm³/mol. The van der Waals surface area contributed by atoms with Gasteiger partial charge in [0.15, 0.2) is 0 Å². The summed E-state index contributed by atoms with van der Waals surface area (Å²) in [4.78, 5) is 16.0. The van der Waals surface area contributed by atoms with Crippen LogP contribution in [0.2, 0.25) is 0 Å². The molecule has 4 aromatic rings. The van der Waals surface area contributed by atoms with Gasteiger partial charge in [-0.05, 0) is 28.3 Å². The van der Waals surface area contributed by atoms with Crippen molar-refractivity contribution in [3.63, 3.8) is 0 Å². The molecule has 4 rings (SSSR count). The lowest BCUT2D eigenvalue weighted by molar-refractivity contribution is 0.0949. The average molecular weight is 355 g/mol. The zero-order valence-corrected chi connectivity index (χ0v) is 15.4. The van der Waals surface area contributed by atoms with Gasteiger partial charge in [0, 0.05) is 16.5 Å². The van der Waals surface area contributed by atoms with Crippen LogP contribution < -0.4 is 5.43 Å². The van der Waals surface area contributed by atoms with Crippen LogP contribution in [0.15, 0.2) is 71.8 Å². The molecule has 0 fully saturated rings. The zero-order chi connectivity index (χ0) is 18.8. The monoisotopic (exact) mass is 355 g/mol. The standard InChI is InChI=1S/C23H21N3O/c1-15(2)21-19-12-5-6-13-20(19)25-22(21)23(27)26-24-14-17-10-7-9-16-8-3-4-11-18(16)17/h3-15,25H,1-2H3,(H,26,27)/b24-14+. The maximum absolute atomic E-state index is 12.7. The van der Waals surface area contributed by atoms with Crippen LogP contribution in [0.4, 0.5) is 0 Å². The van der Waals surface area contributed by atoms with Crippen molar-refractivity contribution in [3.05, 3.63) is 83.6 Å². The number of hydrogen-bond acceptors (Lipinski definition) is 2. The number of carbonyl (C=O) groups excluding carboxylic acids is 1. The average Bonchev–Trinajstić information content (AvgIpc) is 3.08. The van der Waals surface area contributed by atoms with Crippen LogP contribution in [0.1, 0.15) is 41.4 Å². The van der Waals surface area contributed by atoms with Crippen molar-refractivity contribution in [2.24, 2.45) is 5.10 Å². The van der Waals surface area contributed by atoms with Crippen molar-refractivity contribution < 1.29 is 4.79 Å². The lowest BCUT2D eigenvalue weighted by Crippen LogP contribution is -2.19. The highest BCUT2D eigenvalue weighted by atomic mass is 16.2. The molecular formula is C23H21N3O. The molecule has 0 aliphatic carbocycles. The fourth-order valence-electron chi connectivity index (χ4n) is 3.52. The lowest BCUT2D eigenvalue weighted by Gasteiger charge is -2.07. The van der Waals surface area contributed by atoms with Gasteiger partial charge in [-0.15, -0.1) is 0 Å². The quantitative estimate of drug-likeness (QED) is 0.383. The highest BCUT2D eigenvalue weighted by Crippen LogP contribution is 2.29. The van der Waals surface area contributed by atoms with Crippen molar-refractivity contribution in [1.82, 2.24) is 10.4 Å². The van der Waals surface area contributed by atoms with Crippen molar-refractivity contribution >= 4 is 33.8 Å². The van der Waals surface area contributed by atoms with Crippen molar-refractivity contribution in [2.45, 2.75) is 19.8 Å². The topological polar surface area (TPSA) is 57.2 Å². The summed E-state index contributed by atoms with van der Waals surface area (Å²) in [5.41, 5.74) is 6.18. The molecule has 1 aromatic heterocycles. The number of benzene rings is 3. The minimum atomic E-state index is -0.230. The second-order valence-corrected chi connectivity index (χ2v) is 6.88. The van der Waals surface area contributed by atoms with E-state index in [0.29, 0.717) is 5.69 Å². The number of fused-ring (bicyclic) bond motifs is 2. The summed E-state index contributed by atoms with van der Waals surface area (Å²) in [5, 5.41) is 7.52. The Bertz CT molecular complexity index is 1150. The van der Waals surface area contributed by atoms with Crippen LogP contribution in [0, 0.1) is 0 Å². The van der Waals surface area contributed by atoms with Crippen LogP contribution in [0.3, 0.4) is 0 Å². The second kappa shape index (κ2) is 7.08. The van der Waals surface area contributed by atoms with E-state index in [1.165, 1.54) is 0 Å². The number of hydrogen-bond donors (Lipinski definition) is 2. The van der Waals surface area contributed by atoms with E-state index in [1.54, 1.807) is 6.21 Å². The maximum atomic E-state index is 12.7. The fourth-order valence-corrected chi connectivity index (χ4v) is 3.52. The lowest BCUT2D eigenvalue weighted by atomic mass is 9.99. The van der Waals surface area contributed by atoms with Gasteiger partial charge in [0.2, 0.25) is 0 Å². The van der Waals surface area contributed by atoms with E-state index in [1.807, 2.05) is 54.6 Å². The van der Waals surface area contributed by atoms with Crippen molar-refractivity contribution in [3.8, 4) is 0 Å². The molecule has 0 atom stereocenters. The van der Waals surface area contributed by atoms with Gasteiger partial charge >= 0.3 is 0 Å². The van der Waals surface area contributed by atoms with E-state index >= 15 is 0 Å². The SMILES string of the molecule is CC(C)c1c(C(=O)N/N=C/c2cccc3ccccc23)[nH]c2ccccc12. The van der Waals surface area contributed by atoms with E-state index in [0.717, 1.165) is 32.8 Å². The minimum absolute atomic E-state index is 0.226. The third kappa shape index (κ3) is 3.22. The van der Waals surface area contributed by atoms with Crippen LogP contribution in [0.25, 0.3) is 21.7 Å². The van der Waals surface area contributed by atoms with E-state index in [-0.39, 0.29) is 11.8 Å². The number of para-hydroxylation sites is 1. The first-order chi connectivity index (χ1) is 13.1. The van der Waals surface area contributed by atoms with Gasteiger partial charge < -0.3 is 4.98 Å². The molecule has 0 spiro atoms. The Kier molecular flexibility index (Phi) is 4.47. The molecule has 0 radical (unpaired) electrons. The highest BCUT2D eigenvalue weighted by Gasteiger charge is 2.19. The van der Waals surface area contributed by atoms with Gasteiger partial charge in [0.25, 0.3) is 5.91 Å². The highest BCUT2D eigenvalue weighted by molar-refractivity contribution is 6.03. The smallest absolute Gasteiger partial charge is 0.288 e. The predicted octanol–water partition coefficient (Wildman–Crippen LogP) is 5.21. The number of amides is 1. The Balaban J connectivity index is 1.62. The number of aromatic amines is 1.